The summed E-state index contributed by atoms with van der Waals surface area (Å²) in [7, 11) is 0. The van der Waals surface area contributed by atoms with Gasteiger partial charge in [0.25, 0.3) is 0 Å². The highest BCUT2D eigenvalue weighted by molar-refractivity contribution is 6.34. The van der Waals surface area contributed by atoms with E-state index in [0.29, 0.717) is 10.6 Å². The summed E-state index contributed by atoms with van der Waals surface area (Å²) in [6.45, 7) is 2.81. The average Bonchev–Trinajstić information content (AvgIpc) is 3.05. The molecule has 0 bridgehead atoms. The fraction of sp³-hybridized carbons (Fsp3) is 0.231. The van der Waals surface area contributed by atoms with Crippen LogP contribution in [0, 0.1) is 0 Å². The van der Waals surface area contributed by atoms with Crippen LogP contribution in [0.25, 0.3) is 11.0 Å². The third-order valence-corrected chi connectivity index (χ3v) is 3.21. The van der Waals surface area contributed by atoms with E-state index in [4.69, 9.17) is 16.0 Å². The molecule has 0 fully saturated rings. The molecule has 1 unspecified atom stereocenters. The molecule has 3 rings (SSSR count). The summed E-state index contributed by atoms with van der Waals surface area (Å²) in [6.07, 6.45) is 1.48. The first-order chi connectivity index (χ1) is 9.29. The Balaban J connectivity index is 2.08. The molecule has 19 heavy (non-hydrogen) atoms. The summed E-state index contributed by atoms with van der Waals surface area (Å²) >= 11 is 6.13. The topological polar surface area (TPSA) is 66.7 Å². The van der Waals surface area contributed by atoms with Crippen molar-refractivity contribution in [3.63, 3.8) is 0 Å². The van der Waals surface area contributed by atoms with Crippen LogP contribution < -0.4 is 5.32 Å². The van der Waals surface area contributed by atoms with Crippen LogP contribution in [-0.2, 0) is 0 Å². The van der Waals surface area contributed by atoms with Gasteiger partial charge in [0.2, 0.25) is 0 Å². The third kappa shape index (κ3) is 2.22. The van der Waals surface area contributed by atoms with Crippen LogP contribution in [0.3, 0.4) is 0 Å². The molecule has 0 amide bonds. The van der Waals surface area contributed by atoms with Gasteiger partial charge in [-0.1, -0.05) is 30.7 Å². The molecule has 98 valence electrons. The van der Waals surface area contributed by atoms with E-state index in [1.54, 1.807) is 0 Å². The summed E-state index contributed by atoms with van der Waals surface area (Å²) in [4.78, 5) is 4.18. The van der Waals surface area contributed by atoms with Gasteiger partial charge in [-0.15, -0.1) is 0 Å². The number of hydrogen-bond donors (Lipinski definition) is 2. The van der Waals surface area contributed by atoms with E-state index >= 15 is 0 Å². The Hall–Kier alpha value is -1.85. The van der Waals surface area contributed by atoms with E-state index in [9.17, 15) is 0 Å². The second-order valence-corrected chi connectivity index (χ2v) is 4.58. The van der Waals surface area contributed by atoms with Gasteiger partial charge in [-0.05, 0) is 18.7 Å². The van der Waals surface area contributed by atoms with Crippen molar-refractivity contribution in [1.82, 2.24) is 20.5 Å². The highest BCUT2D eigenvalue weighted by Crippen LogP contribution is 2.30. The number of hydrogen-bond acceptors (Lipinski definition) is 4. The highest BCUT2D eigenvalue weighted by atomic mass is 35.5. The third-order valence-electron chi connectivity index (χ3n) is 2.91. The fourth-order valence-corrected chi connectivity index (χ4v) is 2.30. The Kier molecular flexibility index (Phi) is 3.23. The van der Waals surface area contributed by atoms with Crippen molar-refractivity contribution in [3.05, 3.63) is 47.2 Å². The van der Waals surface area contributed by atoms with Gasteiger partial charge < -0.3 is 9.73 Å². The van der Waals surface area contributed by atoms with Crippen LogP contribution in [0.4, 0.5) is 0 Å². The van der Waals surface area contributed by atoms with E-state index in [0.717, 1.165) is 23.5 Å². The first-order valence-electron chi connectivity index (χ1n) is 6.06. The molecule has 6 heteroatoms. The molecule has 0 aliphatic carbocycles. The number of benzene rings is 1. The van der Waals surface area contributed by atoms with Gasteiger partial charge in [0, 0.05) is 5.39 Å². The zero-order valence-corrected chi connectivity index (χ0v) is 11.1. The molecular formula is C13H13ClN4O. The normalized spacial score (nSPS) is 12.9. The second kappa shape index (κ2) is 5.03. The summed E-state index contributed by atoms with van der Waals surface area (Å²) < 4.78 is 5.86. The molecule has 1 aromatic carbocycles. The van der Waals surface area contributed by atoms with Crippen LogP contribution in [0.1, 0.15) is 24.6 Å². The Morgan fingerprint density at radius 1 is 1.47 bits per heavy atom. The van der Waals surface area contributed by atoms with Crippen molar-refractivity contribution in [2.75, 3.05) is 6.54 Å². The van der Waals surface area contributed by atoms with Crippen LogP contribution in [0.5, 0.6) is 0 Å². The van der Waals surface area contributed by atoms with Crippen LogP contribution in [0.15, 0.2) is 35.0 Å². The summed E-state index contributed by atoms with van der Waals surface area (Å²) in [5, 5.41) is 11.6. The zero-order chi connectivity index (χ0) is 13.2. The standard InChI is InChI=1S/C13H13ClN4O/c1-2-15-11(13-16-7-17-18-13)10-6-8-4-3-5-9(14)12(8)19-10/h3-7,11,15H,2H2,1H3,(H,16,17,18). The van der Waals surface area contributed by atoms with Gasteiger partial charge in [-0.25, -0.2) is 4.98 Å². The lowest BCUT2D eigenvalue weighted by molar-refractivity contribution is 0.465. The summed E-state index contributed by atoms with van der Waals surface area (Å²) in [5.74, 6) is 1.48. The molecule has 1 atom stereocenters. The number of aromatic nitrogens is 3. The number of fused-ring (bicyclic) bond motifs is 1. The lowest BCUT2D eigenvalue weighted by Gasteiger charge is -2.11. The monoisotopic (exact) mass is 276 g/mol. The molecule has 0 saturated heterocycles. The maximum absolute atomic E-state index is 6.13. The number of aromatic amines is 1. The van der Waals surface area contributed by atoms with Crippen LogP contribution in [-0.4, -0.2) is 21.7 Å². The van der Waals surface area contributed by atoms with Crippen molar-refractivity contribution in [2.24, 2.45) is 0 Å². The Morgan fingerprint density at radius 3 is 3.05 bits per heavy atom. The molecular weight excluding hydrogens is 264 g/mol. The summed E-state index contributed by atoms with van der Waals surface area (Å²) in [5.41, 5.74) is 0.696. The Bertz CT molecular complexity index is 677. The van der Waals surface area contributed by atoms with Crippen LogP contribution >= 0.6 is 11.6 Å². The minimum absolute atomic E-state index is 0.157. The maximum Gasteiger partial charge on any atom is 0.152 e. The maximum atomic E-state index is 6.13. The van der Waals surface area contributed by atoms with Gasteiger partial charge >= 0.3 is 0 Å². The quantitative estimate of drug-likeness (QED) is 0.769. The van der Waals surface area contributed by atoms with Crippen molar-refractivity contribution in [1.29, 1.82) is 0 Å². The highest BCUT2D eigenvalue weighted by Gasteiger charge is 2.20. The average molecular weight is 277 g/mol. The van der Waals surface area contributed by atoms with Gasteiger partial charge in [-0.3, -0.25) is 5.10 Å². The van der Waals surface area contributed by atoms with Gasteiger partial charge in [0.1, 0.15) is 24.0 Å². The Labute approximate surface area is 115 Å². The number of nitrogens with one attached hydrogen (secondary N) is 2. The molecule has 0 aliphatic heterocycles. The Morgan fingerprint density at radius 2 is 2.37 bits per heavy atom. The van der Waals surface area contributed by atoms with Crippen molar-refractivity contribution in [2.45, 2.75) is 13.0 Å². The fourth-order valence-electron chi connectivity index (χ4n) is 2.08. The van der Waals surface area contributed by atoms with E-state index < -0.39 is 0 Å². The SMILES string of the molecule is CCNC(c1ncn[nH]1)c1cc2cccc(Cl)c2o1. The van der Waals surface area contributed by atoms with E-state index in [2.05, 4.69) is 20.5 Å². The molecule has 5 nitrogen and oxygen atoms in total. The van der Waals surface area contributed by atoms with Gasteiger partial charge in [0.15, 0.2) is 5.58 Å². The number of H-pyrrole nitrogens is 1. The predicted molar refractivity (Wildman–Crippen MR) is 73.1 cm³/mol. The first kappa shape index (κ1) is 12.2. The van der Waals surface area contributed by atoms with Crippen LogP contribution in [0.2, 0.25) is 5.02 Å². The minimum Gasteiger partial charge on any atom is -0.457 e. The molecule has 2 heterocycles. The molecule has 2 N–H and O–H groups in total. The number of rotatable bonds is 4. The molecule has 0 spiro atoms. The van der Waals surface area contributed by atoms with Crippen molar-refractivity contribution < 1.29 is 4.42 Å². The van der Waals surface area contributed by atoms with E-state index in [1.165, 1.54) is 6.33 Å². The van der Waals surface area contributed by atoms with E-state index in [-0.39, 0.29) is 6.04 Å². The lowest BCUT2D eigenvalue weighted by Crippen LogP contribution is -2.22. The molecule has 3 aromatic rings. The van der Waals surface area contributed by atoms with Gasteiger partial charge in [-0.2, -0.15) is 5.10 Å². The number of halogens is 1. The number of furan rings is 1. The van der Waals surface area contributed by atoms with E-state index in [1.807, 2.05) is 31.2 Å². The molecule has 0 saturated carbocycles. The smallest absolute Gasteiger partial charge is 0.152 e. The molecule has 0 aliphatic rings. The number of nitrogens with zero attached hydrogens (tertiary/aromatic N) is 2. The lowest BCUT2D eigenvalue weighted by atomic mass is 10.2. The van der Waals surface area contributed by atoms with Crippen molar-refractivity contribution in [3.8, 4) is 0 Å². The number of para-hydroxylation sites is 1. The zero-order valence-electron chi connectivity index (χ0n) is 10.4. The predicted octanol–water partition coefficient (Wildman–Crippen LogP) is 2.90. The first-order valence-corrected chi connectivity index (χ1v) is 6.44. The molecule has 2 aromatic heterocycles. The largest absolute Gasteiger partial charge is 0.457 e. The van der Waals surface area contributed by atoms with Gasteiger partial charge in [0.05, 0.1) is 5.02 Å². The molecule has 0 radical (unpaired) electrons. The summed E-state index contributed by atoms with van der Waals surface area (Å²) in [6, 6.07) is 7.50. The van der Waals surface area contributed by atoms with Crippen molar-refractivity contribution >= 4 is 22.6 Å². The second-order valence-electron chi connectivity index (χ2n) is 4.17. The minimum atomic E-state index is -0.157.